The van der Waals surface area contributed by atoms with Crippen molar-refractivity contribution in [3.8, 4) is 0 Å². The minimum Gasteiger partial charge on any atom is -0.325 e. The maximum absolute atomic E-state index is 10.7. The average Bonchev–Trinajstić information content (AvgIpc) is 2.04. The Hall–Kier alpha value is -1.35. The summed E-state index contributed by atoms with van der Waals surface area (Å²) in [6.45, 7) is 5.07. The van der Waals surface area contributed by atoms with E-state index < -0.39 is 0 Å². The molecule has 1 amide bonds. The van der Waals surface area contributed by atoms with E-state index in [2.05, 4.69) is 16.9 Å². The zero-order valence-corrected chi connectivity index (χ0v) is 7.93. The van der Waals surface area contributed by atoms with E-state index in [9.17, 15) is 4.79 Å². The predicted octanol–water partition coefficient (Wildman–Crippen LogP) is 1.84. The topological polar surface area (TPSA) is 42.0 Å². The molecular weight excluding hydrogens is 188 g/mol. The van der Waals surface area contributed by atoms with Crippen LogP contribution in [0.5, 0.6) is 0 Å². The van der Waals surface area contributed by atoms with Gasteiger partial charge in [-0.3, -0.25) is 9.78 Å². The van der Waals surface area contributed by atoms with E-state index in [-0.39, 0.29) is 5.91 Å². The first-order chi connectivity index (χ1) is 6.09. The van der Waals surface area contributed by atoms with Crippen LogP contribution in [0, 0.1) is 0 Å². The first-order valence-corrected chi connectivity index (χ1v) is 4.06. The molecular formula is C9H9ClN2O. The molecule has 4 heteroatoms. The van der Waals surface area contributed by atoms with Gasteiger partial charge in [-0.2, -0.15) is 0 Å². The second-order valence-electron chi connectivity index (χ2n) is 2.52. The Labute approximate surface area is 81.4 Å². The van der Waals surface area contributed by atoms with Crippen molar-refractivity contribution in [2.45, 2.75) is 6.92 Å². The Morgan fingerprint density at radius 2 is 2.31 bits per heavy atom. The van der Waals surface area contributed by atoms with Crippen LogP contribution in [0.4, 0.5) is 0 Å². The molecule has 0 saturated carbocycles. The van der Waals surface area contributed by atoms with Crippen molar-refractivity contribution >= 4 is 23.2 Å². The van der Waals surface area contributed by atoms with Gasteiger partial charge in [0.05, 0.1) is 16.4 Å². The summed E-state index contributed by atoms with van der Waals surface area (Å²) in [6, 6.07) is 3.39. The van der Waals surface area contributed by atoms with Crippen LogP contribution in [0.2, 0.25) is 5.02 Å². The lowest BCUT2D eigenvalue weighted by Crippen LogP contribution is -2.17. The van der Waals surface area contributed by atoms with Crippen molar-refractivity contribution in [1.29, 1.82) is 0 Å². The quantitative estimate of drug-likeness (QED) is 0.785. The summed E-state index contributed by atoms with van der Waals surface area (Å²) in [5, 5.41) is 3.09. The lowest BCUT2D eigenvalue weighted by molar-refractivity contribution is -0.117. The number of carbonyl (C=O) groups excluding carboxylic acids is 1. The molecule has 0 radical (unpaired) electrons. The van der Waals surface area contributed by atoms with Gasteiger partial charge < -0.3 is 5.32 Å². The van der Waals surface area contributed by atoms with E-state index in [0.717, 1.165) is 0 Å². The molecule has 1 N–H and O–H groups in total. The third kappa shape index (κ3) is 2.87. The first-order valence-electron chi connectivity index (χ1n) is 3.68. The zero-order chi connectivity index (χ0) is 9.84. The normalized spacial score (nSPS) is 9.38. The second-order valence-corrected chi connectivity index (χ2v) is 2.96. The molecule has 13 heavy (non-hydrogen) atoms. The maximum Gasteiger partial charge on any atom is 0.221 e. The highest BCUT2D eigenvalue weighted by molar-refractivity contribution is 6.30. The van der Waals surface area contributed by atoms with E-state index in [1.54, 1.807) is 12.1 Å². The third-order valence-corrected chi connectivity index (χ3v) is 1.59. The van der Waals surface area contributed by atoms with Crippen LogP contribution in [0.1, 0.15) is 12.6 Å². The molecule has 0 spiro atoms. The number of pyridine rings is 1. The van der Waals surface area contributed by atoms with Gasteiger partial charge in [-0.15, -0.1) is 0 Å². The molecule has 1 rings (SSSR count). The van der Waals surface area contributed by atoms with Gasteiger partial charge in [-0.05, 0) is 12.1 Å². The van der Waals surface area contributed by atoms with Gasteiger partial charge in [0.15, 0.2) is 0 Å². The fraction of sp³-hybridized carbons (Fsp3) is 0.111. The monoisotopic (exact) mass is 196 g/mol. The van der Waals surface area contributed by atoms with Gasteiger partial charge in [0, 0.05) is 13.1 Å². The Bertz CT molecular complexity index is 332. The van der Waals surface area contributed by atoms with Crippen LogP contribution in [0.15, 0.2) is 24.9 Å². The van der Waals surface area contributed by atoms with E-state index in [0.29, 0.717) is 16.4 Å². The molecule has 0 aliphatic rings. The van der Waals surface area contributed by atoms with Crippen LogP contribution < -0.4 is 5.32 Å². The summed E-state index contributed by atoms with van der Waals surface area (Å²) in [5.41, 5.74) is 1.09. The number of carbonyl (C=O) groups is 1. The Morgan fingerprint density at radius 3 is 2.77 bits per heavy atom. The predicted molar refractivity (Wildman–Crippen MR) is 52.1 cm³/mol. The van der Waals surface area contributed by atoms with Crippen molar-refractivity contribution < 1.29 is 4.79 Å². The highest BCUT2D eigenvalue weighted by Gasteiger charge is 2.01. The van der Waals surface area contributed by atoms with Gasteiger partial charge in [-0.25, -0.2) is 0 Å². The molecule has 1 heterocycles. The molecule has 68 valence electrons. The first kappa shape index (κ1) is 9.74. The van der Waals surface area contributed by atoms with Crippen LogP contribution in [-0.2, 0) is 4.79 Å². The van der Waals surface area contributed by atoms with Crippen molar-refractivity contribution in [2.24, 2.45) is 0 Å². The SMILES string of the molecule is C=C(NC(C)=O)c1ccc(Cl)cn1. The molecule has 0 unspecified atom stereocenters. The highest BCUT2D eigenvalue weighted by atomic mass is 35.5. The number of hydrogen-bond donors (Lipinski definition) is 1. The number of nitrogens with zero attached hydrogens (tertiary/aromatic N) is 1. The molecule has 1 aromatic heterocycles. The Kier molecular flexibility index (Phi) is 3.03. The summed E-state index contributed by atoms with van der Waals surface area (Å²) in [4.78, 5) is 14.7. The molecule has 0 bridgehead atoms. The molecule has 0 fully saturated rings. The summed E-state index contributed by atoms with van der Waals surface area (Å²) >= 11 is 5.64. The number of halogens is 1. The van der Waals surface area contributed by atoms with E-state index in [1.165, 1.54) is 13.1 Å². The number of aromatic nitrogens is 1. The molecule has 0 saturated heterocycles. The standard InChI is InChI=1S/C9H9ClN2O/c1-6(12-7(2)13)9-4-3-8(10)5-11-9/h3-5H,1H2,2H3,(H,12,13). The number of rotatable bonds is 2. The number of amides is 1. The van der Waals surface area contributed by atoms with Crippen molar-refractivity contribution in [3.63, 3.8) is 0 Å². The zero-order valence-electron chi connectivity index (χ0n) is 7.17. The van der Waals surface area contributed by atoms with Gasteiger partial charge in [-0.1, -0.05) is 18.2 Å². The van der Waals surface area contributed by atoms with E-state index in [1.807, 2.05) is 0 Å². The fourth-order valence-electron chi connectivity index (χ4n) is 0.831. The van der Waals surface area contributed by atoms with E-state index in [4.69, 9.17) is 11.6 Å². The Balaban J connectivity index is 2.78. The van der Waals surface area contributed by atoms with E-state index >= 15 is 0 Å². The molecule has 0 aliphatic carbocycles. The number of nitrogens with one attached hydrogen (secondary N) is 1. The number of hydrogen-bond acceptors (Lipinski definition) is 2. The van der Waals surface area contributed by atoms with Gasteiger partial charge in [0.1, 0.15) is 0 Å². The molecule has 0 aromatic carbocycles. The fourth-order valence-corrected chi connectivity index (χ4v) is 0.943. The minimum absolute atomic E-state index is 0.165. The Morgan fingerprint density at radius 1 is 1.62 bits per heavy atom. The minimum atomic E-state index is -0.165. The van der Waals surface area contributed by atoms with Crippen LogP contribution in [-0.4, -0.2) is 10.9 Å². The summed E-state index contributed by atoms with van der Waals surface area (Å²) in [5.74, 6) is -0.165. The lowest BCUT2D eigenvalue weighted by atomic mass is 10.3. The van der Waals surface area contributed by atoms with Crippen LogP contribution in [0.25, 0.3) is 5.70 Å². The summed E-state index contributed by atoms with van der Waals surface area (Å²) < 4.78 is 0. The van der Waals surface area contributed by atoms with Gasteiger partial charge >= 0.3 is 0 Å². The molecule has 1 aromatic rings. The molecule has 0 aliphatic heterocycles. The third-order valence-electron chi connectivity index (χ3n) is 1.36. The van der Waals surface area contributed by atoms with Crippen LogP contribution in [0.3, 0.4) is 0 Å². The van der Waals surface area contributed by atoms with Crippen molar-refractivity contribution in [2.75, 3.05) is 0 Å². The van der Waals surface area contributed by atoms with Gasteiger partial charge in [0.25, 0.3) is 0 Å². The van der Waals surface area contributed by atoms with Crippen molar-refractivity contribution in [3.05, 3.63) is 35.6 Å². The maximum atomic E-state index is 10.7. The molecule has 0 atom stereocenters. The van der Waals surface area contributed by atoms with Gasteiger partial charge in [0.2, 0.25) is 5.91 Å². The second kappa shape index (κ2) is 4.05. The summed E-state index contributed by atoms with van der Waals surface area (Å²) in [6.07, 6.45) is 1.50. The summed E-state index contributed by atoms with van der Waals surface area (Å²) in [7, 11) is 0. The largest absolute Gasteiger partial charge is 0.325 e. The van der Waals surface area contributed by atoms with Crippen molar-refractivity contribution in [1.82, 2.24) is 10.3 Å². The molecule has 3 nitrogen and oxygen atoms in total. The highest BCUT2D eigenvalue weighted by Crippen LogP contribution is 2.10. The van der Waals surface area contributed by atoms with Crippen LogP contribution >= 0.6 is 11.6 Å². The smallest absolute Gasteiger partial charge is 0.221 e. The average molecular weight is 197 g/mol. The lowest BCUT2D eigenvalue weighted by Gasteiger charge is -2.04.